The van der Waals surface area contributed by atoms with Crippen molar-refractivity contribution in [3.8, 4) is 0 Å². The lowest BCUT2D eigenvalue weighted by Crippen LogP contribution is -3.15. The van der Waals surface area contributed by atoms with Gasteiger partial charge in [-0.2, -0.15) is 0 Å². The van der Waals surface area contributed by atoms with Gasteiger partial charge in [-0.25, -0.2) is 9.97 Å². The lowest BCUT2D eigenvalue weighted by molar-refractivity contribution is -0.892. The molecule has 0 aliphatic carbocycles. The number of aromatic nitrogens is 2. The number of anilines is 3. The lowest BCUT2D eigenvalue weighted by atomic mass is 10.1. The van der Waals surface area contributed by atoms with Crippen LogP contribution in [0.3, 0.4) is 0 Å². The second kappa shape index (κ2) is 9.01. The minimum atomic E-state index is 0.0742. The van der Waals surface area contributed by atoms with Crippen molar-refractivity contribution in [1.82, 2.24) is 9.97 Å². The highest BCUT2D eigenvalue weighted by atomic mass is 16.2. The van der Waals surface area contributed by atoms with Crippen LogP contribution in [0.15, 0.2) is 42.7 Å². The molecule has 1 amide bonds. The Morgan fingerprint density at radius 2 is 1.61 bits per heavy atom. The van der Waals surface area contributed by atoms with E-state index in [1.54, 1.807) is 12.4 Å². The number of piperazine rings is 1. The first-order valence-electron chi connectivity index (χ1n) is 10.3. The molecule has 0 saturated carbocycles. The molecular weight excluding hydrogens is 352 g/mol. The van der Waals surface area contributed by atoms with Crippen LogP contribution in [0.4, 0.5) is 17.3 Å². The zero-order valence-electron chi connectivity index (χ0n) is 16.3. The van der Waals surface area contributed by atoms with Gasteiger partial charge in [-0.05, 0) is 49.6 Å². The summed E-state index contributed by atoms with van der Waals surface area (Å²) in [5.41, 5.74) is 2.13. The first kappa shape index (κ1) is 18.7. The Labute approximate surface area is 166 Å². The van der Waals surface area contributed by atoms with E-state index in [-0.39, 0.29) is 5.91 Å². The number of nitrogens with one attached hydrogen (secondary N) is 2. The molecule has 2 aliphatic rings. The number of nitrogens with zero attached hydrogens (tertiary/aromatic N) is 4. The summed E-state index contributed by atoms with van der Waals surface area (Å²) in [7, 11) is 0. The average molecular weight is 382 g/mol. The fourth-order valence-corrected chi connectivity index (χ4v) is 3.99. The van der Waals surface area contributed by atoms with Crippen molar-refractivity contribution in [2.24, 2.45) is 0 Å². The maximum absolute atomic E-state index is 12.4. The van der Waals surface area contributed by atoms with Crippen LogP contribution in [-0.2, 0) is 4.79 Å². The van der Waals surface area contributed by atoms with Gasteiger partial charge in [0.2, 0.25) is 5.95 Å². The lowest BCUT2D eigenvalue weighted by Gasteiger charge is -2.31. The summed E-state index contributed by atoms with van der Waals surface area (Å²) in [4.78, 5) is 27.0. The predicted molar refractivity (Wildman–Crippen MR) is 111 cm³/mol. The van der Waals surface area contributed by atoms with E-state index in [4.69, 9.17) is 0 Å². The number of hydrogen-bond donors (Lipinski definition) is 2. The minimum absolute atomic E-state index is 0.0742. The van der Waals surface area contributed by atoms with E-state index in [0.29, 0.717) is 6.54 Å². The van der Waals surface area contributed by atoms with E-state index in [9.17, 15) is 4.79 Å². The van der Waals surface area contributed by atoms with Gasteiger partial charge in [0.25, 0.3) is 5.91 Å². The third-order valence-corrected chi connectivity index (χ3v) is 5.59. The Morgan fingerprint density at radius 1 is 0.929 bits per heavy atom. The van der Waals surface area contributed by atoms with E-state index in [1.165, 1.54) is 29.8 Å². The molecule has 0 bridgehead atoms. The van der Waals surface area contributed by atoms with Crippen molar-refractivity contribution in [2.45, 2.75) is 19.3 Å². The van der Waals surface area contributed by atoms with E-state index >= 15 is 0 Å². The van der Waals surface area contributed by atoms with E-state index in [2.05, 4.69) is 37.2 Å². The molecule has 28 heavy (non-hydrogen) atoms. The summed E-state index contributed by atoms with van der Waals surface area (Å²) in [6.45, 7) is 6.34. The van der Waals surface area contributed by atoms with Crippen molar-refractivity contribution >= 4 is 23.2 Å². The van der Waals surface area contributed by atoms with E-state index in [1.807, 2.05) is 18.2 Å². The van der Waals surface area contributed by atoms with Gasteiger partial charge < -0.3 is 20.0 Å². The maximum Gasteiger partial charge on any atom is 0.279 e. The minimum Gasteiger partial charge on any atom is -0.372 e. The fourth-order valence-electron chi connectivity index (χ4n) is 3.99. The van der Waals surface area contributed by atoms with Gasteiger partial charge in [0.05, 0.1) is 26.2 Å². The SMILES string of the molecule is O=C(C[NH+]1CCN(c2ncccn2)CC1)Nc1ccc(N2CCCCC2)cc1. The Morgan fingerprint density at radius 3 is 2.29 bits per heavy atom. The largest absolute Gasteiger partial charge is 0.372 e. The number of carbonyl (C=O) groups is 1. The topological polar surface area (TPSA) is 65.8 Å². The highest BCUT2D eigenvalue weighted by molar-refractivity contribution is 5.91. The summed E-state index contributed by atoms with van der Waals surface area (Å²) in [5.74, 6) is 0.852. The molecule has 2 fully saturated rings. The standard InChI is InChI=1S/C21H28N6O/c28-20(17-25-13-15-27(16-14-25)21-22-9-4-10-23-21)24-18-5-7-19(8-6-18)26-11-2-1-3-12-26/h4-10H,1-3,11-17H2,(H,24,28)/p+1. The first-order valence-corrected chi connectivity index (χ1v) is 10.3. The molecule has 0 spiro atoms. The molecule has 0 unspecified atom stereocenters. The van der Waals surface area contributed by atoms with Crippen LogP contribution in [0.5, 0.6) is 0 Å². The molecule has 2 aliphatic heterocycles. The molecule has 7 heteroatoms. The number of piperidine rings is 1. The Balaban J connectivity index is 1.23. The van der Waals surface area contributed by atoms with Gasteiger partial charge in [-0.1, -0.05) is 0 Å². The number of rotatable bonds is 5. The molecule has 1 aromatic heterocycles. The third kappa shape index (κ3) is 4.78. The highest BCUT2D eigenvalue weighted by Crippen LogP contribution is 2.21. The summed E-state index contributed by atoms with van der Waals surface area (Å²) in [6.07, 6.45) is 7.41. The molecule has 3 heterocycles. The van der Waals surface area contributed by atoms with Crippen LogP contribution < -0.4 is 20.0 Å². The number of hydrogen-bond acceptors (Lipinski definition) is 5. The smallest absolute Gasteiger partial charge is 0.279 e. The Bertz CT molecular complexity index is 752. The molecule has 4 rings (SSSR count). The van der Waals surface area contributed by atoms with Gasteiger partial charge in [0, 0.05) is 36.9 Å². The van der Waals surface area contributed by atoms with Crippen LogP contribution in [0, 0.1) is 0 Å². The summed E-state index contributed by atoms with van der Waals surface area (Å²) >= 11 is 0. The molecule has 0 radical (unpaired) electrons. The van der Waals surface area contributed by atoms with Gasteiger partial charge in [-0.15, -0.1) is 0 Å². The maximum atomic E-state index is 12.4. The highest BCUT2D eigenvalue weighted by Gasteiger charge is 2.23. The van der Waals surface area contributed by atoms with E-state index < -0.39 is 0 Å². The quantitative estimate of drug-likeness (QED) is 0.803. The number of quaternary nitrogens is 1. The molecule has 1 aromatic carbocycles. The van der Waals surface area contributed by atoms with Crippen LogP contribution in [0.2, 0.25) is 0 Å². The number of benzene rings is 1. The second-order valence-electron chi connectivity index (χ2n) is 7.61. The zero-order chi connectivity index (χ0) is 19.2. The van der Waals surface area contributed by atoms with E-state index in [0.717, 1.165) is 50.9 Å². The monoisotopic (exact) mass is 381 g/mol. The normalized spacial score (nSPS) is 18.1. The van der Waals surface area contributed by atoms with Crippen LogP contribution >= 0.6 is 0 Å². The number of carbonyl (C=O) groups excluding carboxylic acids is 1. The van der Waals surface area contributed by atoms with Gasteiger partial charge in [0.1, 0.15) is 0 Å². The number of amides is 1. The molecule has 2 aromatic rings. The molecule has 0 atom stereocenters. The van der Waals surface area contributed by atoms with Gasteiger partial charge >= 0.3 is 0 Å². The fraction of sp³-hybridized carbons (Fsp3) is 0.476. The van der Waals surface area contributed by atoms with Crippen molar-refractivity contribution in [2.75, 3.05) is 60.9 Å². The molecular formula is C21H29N6O+. The summed E-state index contributed by atoms with van der Waals surface area (Å²) in [5, 5.41) is 3.05. The predicted octanol–water partition coefficient (Wildman–Crippen LogP) is 0.811. The summed E-state index contributed by atoms with van der Waals surface area (Å²) < 4.78 is 0. The summed E-state index contributed by atoms with van der Waals surface area (Å²) in [6, 6.07) is 10.1. The van der Waals surface area contributed by atoms with Crippen LogP contribution in [0.1, 0.15) is 19.3 Å². The van der Waals surface area contributed by atoms with Crippen molar-refractivity contribution in [3.63, 3.8) is 0 Å². The average Bonchev–Trinajstić information content (AvgIpc) is 2.76. The molecule has 2 N–H and O–H groups in total. The van der Waals surface area contributed by atoms with Crippen molar-refractivity contribution in [1.29, 1.82) is 0 Å². The van der Waals surface area contributed by atoms with Crippen LogP contribution in [0.25, 0.3) is 0 Å². The molecule has 148 valence electrons. The van der Waals surface area contributed by atoms with Crippen molar-refractivity contribution in [3.05, 3.63) is 42.7 Å². The zero-order valence-corrected chi connectivity index (χ0v) is 16.3. The second-order valence-corrected chi connectivity index (χ2v) is 7.61. The molecule has 7 nitrogen and oxygen atoms in total. The third-order valence-electron chi connectivity index (χ3n) is 5.59. The van der Waals surface area contributed by atoms with Gasteiger partial charge in [-0.3, -0.25) is 4.79 Å². The van der Waals surface area contributed by atoms with Crippen LogP contribution in [-0.4, -0.2) is 61.7 Å². The van der Waals surface area contributed by atoms with Crippen molar-refractivity contribution < 1.29 is 9.69 Å². The van der Waals surface area contributed by atoms with Gasteiger partial charge in [0.15, 0.2) is 6.54 Å². The Kier molecular flexibility index (Phi) is 6.01. The molecule has 2 saturated heterocycles. The first-order chi connectivity index (χ1) is 13.8. The Hall–Kier alpha value is -2.67.